The molecule has 0 atom stereocenters. The fraction of sp³-hybridized carbons (Fsp3) is 0.857. The summed E-state index contributed by atoms with van der Waals surface area (Å²) in [6.07, 6.45) is 5.90. The molecule has 0 amide bonds. The van der Waals surface area contributed by atoms with Crippen LogP contribution in [0.15, 0.2) is 0 Å². The summed E-state index contributed by atoms with van der Waals surface area (Å²) in [4.78, 5) is 13.8. The van der Waals surface area contributed by atoms with Crippen LogP contribution in [0.4, 0.5) is 0 Å². The lowest BCUT2D eigenvalue weighted by Crippen LogP contribution is -2.44. The molecule has 18 heavy (non-hydrogen) atoms. The number of carboxylic acid groups (broad SMARTS) is 1. The molecule has 1 saturated heterocycles. The number of nitriles is 1. The number of hydrogen-bond acceptors (Lipinski definition) is 3. The Morgan fingerprint density at radius 3 is 2.56 bits per heavy atom. The first kappa shape index (κ1) is 15.0. The van der Waals surface area contributed by atoms with Crippen molar-refractivity contribution in [3.8, 4) is 6.07 Å². The number of carboxylic acids is 1. The monoisotopic (exact) mass is 252 g/mol. The number of piperidine rings is 1. The van der Waals surface area contributed by atoms with Gasteiger partial charge < -0.3 is 10.0 Å². The van der Waals surface area contributed by atoms with E-state index in [1.165, 1.54) is 0 Å². The minimum absolute atomic E-state index is 0.474. The minimum atomic E-state index is -0.617. The third-order valence-corrected chi connectivity index (χ3v) is 4.01. The summed E-state index contributed by atoms with van der Waals surface area (Å²) < 4.78 is 0. The first-order valence-corrected chi connectivity index (χ1v) is 6.97. The van der Waals surface area contributed by atoms with Crippen molar-refractivity contribution >= 4 is 5.97 Å². The van der Waals surface area contributed by atoms with Gasteiger partial charge in [0.2, 0.25) is 0 Å². The van der Waals surface area contributed by atoms with Crippen LogP contribution in [0.5, 0.6) is 0 Å². The quantitative estimate of drug-likeness (QED) is 0.707. The van der Waals surface area contributed by atoms with Crippen LogP contribution in [-0.4, -0.2) is 35.6 Å². The van der Waals surface area contributed by atoms with Crippen molar-refractivity contribution in [1.29, 1.82) is 5.26 Å². The number of hydrogen-bond donors (Lipinski definition) is 1. The highest BCUT2D eigenvalue weighted by molar-refractivity contribution is 5.74. The fourth-order valence-corrected chi connectivity index (χ4v) is 2.79. The molecule has 0 radical (unpaired) electrons. The molecule has 1 aliphatic rings. The van der Waals surface area contributed by atoms with Crippen molar-refractivity contribution in [2.75, 3.05) is 19.6 Å². The first-order valence-electron chi connectivity index (χ1n) is 6.97. The lowest BCUT2D eigenvalue weighted by molar-refractivity contribution is -0.152. The third kappa shape index (κ3) is 3.99. The molecule has 0 saturated carbocycles. The molecule has 0 aliphatic carbocycles. The van der Waals surface area contributed by atoms with E-state index >= 15 is 0 Å². The minimum Gasteiger partial charge on any atom is -0.481 e. The summed E-state index contributed by atoms with van der Waals surface area (Å²) in [6.45, 7) is 4.83. The second-order valence-corrected chi connectivity index (χ2v) is 5.29. The normalized spacial score (nSPS) is 19.3. The molecule has 0 spiro atoms. The van der Waals surface area contributed by atoms with Crippen LogP contribution in [0, 0.1) is 16.7 Å². The second kappa shape index (κ2) is 7.38. The lowest BCUT2D eigenvalue weighted by atomic mass is 9.75. The molecule has 1 N–H and O–H groups in total. The fourth-order valence-electron chi connectivity index (χ4n) is 2.79. The van der Waals surface area contributed by atoms with Crippen molar-refractivity contribution in [3.05, 3.63) is 0 Å². The van der Waals surface area contributed by atoms with E-state index < -0.39 is 11.4 Å². The van der Waals surface area contributed by atoms with Crippen molar-refractivity contribution in [2.24, 2.45) is 5.41 Å². The van der Waals surface area contributed by atoms with Gasteiger partial charge in [-0.15, -0.1) is 0 Å². The molecule has 4 nitrogen and oxygen atoms in total. The van der Waals surface area contributed by atoms with E-state index in [-0.39, 0.29) is 0 Å². The smallest absolute Gasteiger partial charge is 0.309 e. The lowest BCUT2D eigenvalue weighted by Gasteiger charge is -2.38. The average Bonchev–Trinajstić information content (AvgIpc) is 2.37. The summed E-state index contributed by atoms with van der Waals surface area (Å²) in [5.41, 5.74) is -0.474. The molecule has 1 heterocycles. The van der Waals surface area contributed by atoms with Crippen molar-refractivity contribution in [2.45, 2.75) is 51.9 Å². The molecular formula is C14H24N2O2. The summed E-state index contributed by atoms with van der Waals surface area (Å²) in [5, 5.41) is 17.9. The standard InChI is InChI=1S/C14H24N2O2/c1-2-6-14(13(17)18)7-11-16(12-8-14)10-5-3-4-9-15/h2-8,10-12H2,1H3,(H,17,18). The highest BCUT2D eigenvalue weighted by Gasteiger charge is 2.40. The van der Waals surface area contributed by atoms with E-state index in [0.29, 0.717) is 6.42 Å². The van der Waals surface area contributed by atoms with E-state index in [9.17, 15) is 9.90 Å². The predicted molar refractivity (Wildman–Crippen MR) is 70.1 cm³/mol. The molecule has 1 rings (SSSR count). The molecule has 0 aromatic carbocycles. The van der Waals surface area contributed by atoms with E-state index in [0.717, 1.165) is 58.2 Å². The Morgan fingerprint density at radius 1 is 1.39 bits per heavy atom. The van der Waals surface area contributed by atoms with Gasteiger partial charge in [-0.2, -0.15) is 5.26 Å². The zero-order valence-electron chi connectivity index (χ0n) is 11.3. The van der Waals surface area contributed by atoms with E-state index in [4.69, 9.17) is 5.26 Å². The summed E-state index contributed by atoms with van der Waals surface area (Å²) in [6, 6.07) is 2.15. The third-order valence-electron chi connectivity index (χ3n) is 4.01. The average molecular weight is 252 g/mol. The molecule has 1 aliphatic heterocycles. The molecule has 0 aromatic rings. The Bertz CT molecular complexity index is 301. The number of likely N-dealkylation sites (tertiary alicyclic amines) is 1. The second-order valence-electron chi connectivity index (χ2n) is 5.29. The molecule has 0 aromatic heterocycles. The van der Waals surface area contributed by atoms with Crippen LogP contribution in [0.3, 0.4) is 0 Å². The maximum absolute atomic E-state index is 11.4. The van der Waals surface area contributed by atoms with Crippen molar-refractivity contribution in [1.82, 2.24) is 4.90 Å². The first-order chi connectivity index (χ1) is 8.64. The van der Waals surface area contributed by atoms with E-state index in [2.05, 4.69) is 17.9 Å². The Hall–Kier alpha value is -1.08. The Kier molecular flexibility index (Phi) is 6.14. The van der Waals surface area contributed by atoms with E-state index in [1.54, 1.807) is 0 Å². The van der Waals surface area contributed by atoms with Gasteiger partial charge in [-0.05, 0) is 51.7 Å². The van der Waals surface area contributed by atoms with Crippen LogP contribution >= 0.6 is 0 Å². The number of nitrogens with zero attached hydrogens (tertiary/aromatic N) is 2. The molecular weight excluding hydrogens is 228 g/mol. The summed E-state index contributed by atoms with van der Waals surface area (Å²) in [7, 11) is 0. The summed E-state index contributed by atoms with van der Waals surface area (Å²) >= 11 is 0. The van der Waals surface area contributed by atoms with Crippen LogP contribution in [0.2, 0.25) is 0 Å². The largest absolute Gasteiger partial charge is 0.481 e. The van der Waals surface area contributed by atoms with Gasteiger partial charge in [-0.3, -0.25) is 4.79 Å². The van der Waals surface area contributed by atoms with Gasteiger partial charge in [-0.25, -0.2) is 0 Å². The van der Waals surface area contributed by atoms with Gasteiger partial charge in [0.15, 0.2) is 0 Å². The number of unbranched alkanes of at least 4 members (excludes halogenated alkanes) is 2. The highest BCUT2D eigenvalue weighted by Crippen LogP contribution is 2.36. The van der Waals surface area contributed by atoms with Gasteiger partial charge in [0.1, 0.15) is 0 Å². The van der Waals surface area contributed by atoms with Gasteiger partial charge in [0.25, 0.3) is 0 Å². The Morgan fingerprint density at radius 2 is 2.06 bits per heavy atom. The number of carbonyl (C=O) groups is 1. The molecule has 4 heteroatoms. The van der Waals surface area contributed by atoms with Gasteiger partial charge >= 0.3 is 5.97 Å². The van der Waals surface area contributed by atoms with Crippen molar-refractivity contribution in [3.63, 3.8) is 0 Å². The zero-order chi connectivity index (χ0) is 13.4. The molecule has 0 unspecified atom stereocenters. The van der Waals surface area contributed by atoms with Crippen LogP contribution in [0.25, 0.3) is 0 Å². The summed E-state index contributed by atoms with van der Waals surface area (Å²) in [5.74, 6) is -0.617. The molecule has 0 bridgehead atoms. The maximum Gasteiger partial charge on any atom is 0.309 e. The van der Waals surface area contributed by atoms with Gasteiger partial charge in [0, 0.05) is 6.42 Å². The topological polar surface area (TPSA) is 64.3 Å². The van der Waals surface area contributed by atoms with Crippen LogP contribution in [-0.2, 0) is 4.79 Å². The van der Waals surface area contributed by atoms with E-state index in [1.807, 2.05) is 0 Å². The molecule has 102 valence electrons. The number of aliphatic carboxylic acids is 1. The number of rotatable bonds is 7. The Labute approximate surface area is 110 Å². The molecule has 1 fully saturated rings. The van der Waals surface area contributed by atoms with Gasteiger partial charge in [0.05, 0.1) is 11.5 Å². The zero-order valence-corrected chi connectivity index (χ0v) is 11.3. The maximum atomic E-state index is 11.4. The van der Waals surface area contributed by atoms with Crippen molar-refractivity contribution < 1.29 is 9.90 Å². The Balaban J connectivity index is 2.34. The predicted octanol–water partition coefficient (Wildman–Crippen LogP) is 2.65. The SMILES string of the molecule is CCCC1(C(=O)O)CCN(CCCCC#N)CC1. The van der Waals surface area contributed by atoms with Gasteiger partial charge in [-0.1, -0.05) is 13.3 Å². The van der Waals surface area contributed by atoms with Crippen LogP contribution < -0.4 is 0 Å². The highest BCUT2D eigenvalue weighted by atomic mass is 16.4. The van der Waals surface area contributed by atoms with Crippen LogP contribution in [0.1, 0.15) is 51.9 Å².